The first kappa shape index (κ1) is 31.2. The predicted molar refractivity (Wildman–Crippen MR) is 181 cm³/mol. The lowest BCUT2D eigenvalue weighted by atomic mass is 9.70. The quantitative estimate of drug-likeness (QED) is 0.236. The molecular formula is C42H50O4. The van der Waals surface area contributed by atoms with Crippen molar-refractivity contribution in [2.75, 3.05) is 0 Å². The molecule has 0 aliphatic heterocycles. The van der Waals surface area contributed by atoms with Gasteiger partial charge in [-0.15, -0.1) is 0 Å². The average molecular weight is 619 g/mol. The monoisotopic (exact) mass is 618 g/mol. The summed E-state index contributed by atoms with van der Waals surface area (Å²) in [5.41, 5.74) is 3.01. The zero-order chi connectivity index (χ0) is 32.5. The highest BCUT2D eigenvalue weighted by Gasteiger charge is 2.68. The first-order valence-electron chi connectivity index (χ1n) is 17.5. The van der Waals surface area contributed by atoms with Crippen LogP contribution in [0, 0.1) is 45.3 Å². The molecule has 4 fully saturated rings. The van der Waals surface area contributed by atoms with Crippen molar-refractivity contribution in [3.63, 3.8) is 0 Å². The average Bonchev–Trinajstić information content (AvgIpc) is 3.54. The zero-order valence-electron chi connectivity index (χ0n) is 28.4. The maximum absolute atomic E-state index is 14.2. The van der Waals surface area contributed by atoms with Gasteiger partial charge in [0.1, 0.15) is 12.2 Å². The van der Waals surface area contributed by atoms with E-state index >= 15 is 0 Å². The summed E-state index contributed by atoms with van der Waals surface area (Å²) in [6.07, 6.45) is 5.70. The molecule has 4 bridgehead atoms. The molecule has 0 unspecified atom stereocenters. The van der Waals surface area contributed by atoms with Crippen molar-refractivity contribution < 1.29 is 19.1 Å². The van der Waals surface area contributed by atoms with Crippen LogP contribution in [0.1, 0.15) is 99.1 Å². The number of carbonyl (C=O) groups is 2. The summed E-state index contributed by atoms with van der Waals surface area (Å²) in [5, 5.41) is 0. The highest BCUT2D eigenvalue weighted by Crippen LogP contribution is 2.70. The van der Waals surface area contributed by atoms with Crippen molar-refractivity contribution in [3.05, 3.63) is 107 Å². The zero-order valence-corrected chi connectivity index (χ0v) is 28.4. The Morgan fingerprint density at radius 2 is 0.913 bits per heavy atom. The van der Waals surface area contributed by atoms with Crippen LogP contribution in [0.15, 0.2) is 84.9 Å². The van der Waals surface area contributed by atoms with Crippen LogP contribution in [0.3, 0.4) is 0 Å². The van der Waals surface area contributed by atoms with Crippen molar-refractivity contribution in [1.29, 1.82) is 0 Å². The van der Waals surface area contributed by atoms with Gasteiger partial charge in [-0.25, -0.2) is 9.59 Å². The van der Waals surface area contributed by atoms with Crippen molar-refractivity contribution in [2.24, 2.45) is 45.3 Å². The van der Waals surface area contributed by atoms with Crippen LogP contribution in [0.5, 0.6) is 0 Å². The fourth-order valence-corrected chi connectivity index (χ4v) is 10.9. The lowest BCUT2D eigenvalue weighted by Gasteiger charge is -2.40. The lowest BCUT2D eigenvalue weighted by molar-refractivity contribution is -0.0439. The van der Waals surface area contributed by atoms with Gasteiger partial charge in [0.05, 0.1) is 11.1 Å². The predicted octanol–water partition coefficient (Wildman–Crippen LogP) is 9.37. The van der Waals surface area contributed by atoms with Gasteiger partial charge < -0.3 is 9.47 Å². The lowest BCUT2D eigenvalue weighted by Crippen LogP contribution is -2.42. The Morgan fingerprint density at radius 3 is 1.28 bits per heavy atom. The molecule has 0 N–H and O–H groups in total. The van der Waals surface area contributed by atoms with E-state index in [0.717, 1.165) is 38.5 Å². The molecule has 4 saturated carbocycles. The topological polar surface area (TPSA) is 52.6 Å². The molecule has 7 rings (SSSR count). The van der Waals surface area contributed by atoms with E-state index in [1.807, 2.05) is 24.3 Å². The molecule has 3 aromatic rings. The maximum Gasteiger partial charge on any atom is 0.339 e. The Kier molecular flexibility index (Phi) is 7.53. The molecule has 3 aromatic carbocycles. The molecule has 0 heterocycles. The molecule has 46 heavy (non-hydrogen) atoms. The fraction of sp³-hybridized carbons (Fsp3) is 0.524. The van der Waals surface area contributed by atoms with Gasteiger partial charge in [0, 0.05) is 22.7 Å². The van der Waals surface area contributed by atoms with Crippen LogP contribution in [-0.4, -0.2) is 24.1 Å². The van der Waals surface area contributed by atoms with E-state index in [1.165, 1.54) is 11.1 Å². The van der Waals surface area contributed by atoms with Crippen LogP contribution >= 0.6 is 0 Å². The Labute approximate surface area is 275 Å². The van der Waals surface area contributed by atoms with Gasteiger partial charge >= 0.3 is 11.9 Å². The van der Waals surface area contributed by atoms with E-state index < -0.39 is 11.9 Å². The molecule has 0 aromatic heterocycles. The Hall–Kier alpha value is -3.40. The van der Waals surface area contributed by atoms with E-state index in [2.05, 4.69) is 90.1 Å². The Bertz CT molecular complexity index is 1490. The summed E-state index contributed by atoms with van der Waals surface area (Å²) < 4.78 is 13.1. The van der Waals surface area contributed by atoms with Crippen molar-refractivity contribution >= 4 is 11.9 Å². The third-order valence-electron chi connectivity index (χ3n) is 14.3. The molecule has 0 radical (unpaired) electrons. The number of hydrogen-bond acceptors (Lipinski definition) is 4. The fourth-order valence-electron chi connectivity index (χ4n) is 10.9. The largest absolute Gasteiger partial charge is 0.458 e. The van der Waals surface area contributed by atoms with E-state index in [9.17, 15) is 9.59 Å². The second-order valence-electron chi connectivity index (χ2n) is 16.5. The summed E-state index contributed by atoms with van der Waals surface area (Å²) >= 11 is 0. The summed E-state index contributed by atoms with van der Waals surface area (Å²) in [7, 11) is 0. The minimum Gasteiger partial charge on any atom is -0.458 e. The third-order valence-corrected chi connectivity index (χ3v) is 14.3. The molecular weight excluding hydrogens is 568 g/mol. The first-order chi connectivity index (χ1) is 21.9. The Balaban J connectivity index is 1.15. The van der Waals surface area contributed by atoms with Crippen LogP contribution < -0.4 is 0 Å². The highest BCUT2D eigenvalue weighted by atomic mass is 16.6. The van der Waals surface area contributed by atoms with E-state index in [0.29, 0.717) is 23.0 Å². The number of benzene rings is 3. The minimum absolute atomic E-state index is 0.0492. The van der Waals surface area contributed by atoms with Gasteiger partial charge in [-0.3, -0.25) is 0 Å². The van der Waals surface area contributed by atoms with E-state index in [4.69, 9.17) is 9.47 Å². The number of ether oxygens (including phenoxy) is 2. The molecule has 0 spiro atoms. The molecule has 8 atom stereocenters. The maximum atomic E-state index is 14.2. The SMILES string of the molecule is CC1(C)[C@H]2CC[C@]1(C)[C@@H](OC(=O)c1ccccc1C(=O)O[C@H]1[C@@H](Cc3ccccc3)[C@@H]3CC[C@@]1(C)C3(C)C)[C@H]2Cc1ccccc1. The highest BCUT2D eigenvalue weighted by molar-refractivity contribution is 6.03. The number of carbonyl (C=O) groups excluding carboxylic acids is 2. The van der Waals surface area contributed by atoms with Crippen LogP contribution in [0.25, 0.3) is 0 Å². The van der Waals surface area contributed by atoms with Gasteiger partial charge in [-0.2, -0.15) is 0 Å². The second-order valence-corrected chi connectivity index (χ2v) is 16.5. The summed E-state index contributed by atoms with van der Waals surface area (Å²) in [6, 6.07) is 28.2. The van der Waals surface area contributed by atoms with Gasteiger partial charge in [0.15, 0.2) is 0 Å². The molecule has 4 nitrogen and oxygen atoms in total. The molecule has 4 heteroatoms. The van der Waals surface area contributed by atoms with Crippen molar-refractivity contribution in [3.8, 4) is 0 Å². The first-order valence-corrected chi connectivity index (χ1v) is 17.5. The van der Waals surface area contributed by atoms with E-state index in [1.54, 1.807) is 12.1 Å². The number of rotatable bonds is 8. The number of fused-ring (bicyclic) bond motifs is 4. The van der Waals surface area contributed by atoms with Crippen molar-refractivity contribution in [1.82, 2.24) is 0 Å². The van der Waals surface area contributed by atoms with Gasteiger partial charge in [0.2, 0.25) is 0 Å². The standard InChI is InChI=1S/C42H50O4/c1-39(2)33-21-23-41(39,5)35(31(33)25-27-15-9-7-10-16-27)45-37(43)29-19-13-14-20-30(29)38(44)46-36-32(26-28-17-11-8-12-18-28)34-22-24-42(36,6)40(34,3)4/h7-20,31-36H,21-26H2,1-6H3/t31-,32-,33-,34-,35-,36-,41+,42+/m0/s1. The summed E-state index contributed by atoms with van der Waals surface area (Å²) in [6.45, 7) is 14.0. The normalized spacial score (nSPS) is 34.8. The molecule has 0 amide bonds. The number of esters is 2. The van der Waals surface area contributed by atoms with Crippen LogP contribution in [0.2, 0.25) is 0 Å². The third kappa shape index (κ3) is 4.60. The van der Waals surface area contributed by atoms with Crippen molar-refractivity contribution in [2.45, 2.75) is 92.3 Å². The molecule has 4 aliphatic carbocycles. The second kappa shape index (κ2) is 11.1. The molecule has 4 aliphatic rings. The van der Waals surface area contributed by atoms with Gasteiger partial charge in [-0.1, -0.05) is 114 Å². The van der Waals surface area contributed by atoms with Crippen LogP contribution in [-0.2, 0) is 22.3 Å². The summed E-state index contributed by atoms with van der Waals surface area (Å²) in [5.74, 6) is 0.572. The smallest absolute Gasteiger partial charge is 0.339 e. The molecule has 0 saturated heterocycles. The molecule has 242 valence electrons. The summed E-state index contributed by atoms with van der Waals surface area (Å²) in [4.78, 5) is 28.3. The Morgan fingerprint density at radius 1 is 0.565 bits per heavy atom. The van der Waals surface area contributed by atoms with Gasteiger partial charge in [0.25, 0.3) is 0 Å². The number of hydrogen-bond donors (Lipinski definition) is 0. The van der Waals surface area contributed by atoms with Crippen LogP contribution in [0.4, 0.5) is 0 Å². The van der Waals surface area contributed by atoms with E-state index in [-0.39, 0.29) is 45.7 Å². The minimum atomic E-state index is -0.416. The van der Waals surface area contributed by atoms with Gasteiger partial charge in [-0.05, 0) is 84.5 Å².